The van der Waals surface area contributed by atoms with Crippen molar-refractivity contribution in [2.45, 2.75) is 19.0 Å². The maximum absolute atomic E-state index is 6.03. The molecule has 0 bridgehead atoms. The Morgan fingerprint density at radius 1 is 1.04 bits per heavy atom. The van der Waals surface area contributed by atoms with Gasteiger partial charge in [0.05, 0.1) is 12.6 Å². The highest BCUT2D eigenvalue weighted by Crippen LogP contribution is 2.24. The number of aromatic nitrogens is 1. The minimum Gasteiger partial charge on any atom is -0.463 e. The van der Waals surface area contributed by atoms with Gasteiger partial charge in [0.2, 0.25) is 0 Å². The van der Waals surface area contributed by atoms with Crippen LogP contribution in [-0.2, 0) is 6.54 Å². The van der Waals surface area contributed by atoms with Gasteiger partial charge in [-0.15, -0.1) is 0 Å². The van der Waals surface area contributed by atoms with E-state index >= 15 is 0 Å². The van der Waals surface area contributed by atoms with Crippen molar-refractivity contribution in [3.05, 3.63) is 47.9 Å². The number of nitrogens with zero attached hydrogens (tertiary/aromatic N) is 3. The molecule has 0 spiro atoms. The van der Waals surface area contributed by atoms with Crippen LogP contribution in [0.5, 0.6) is 0 Å². The molecule has 0 radical (unpaired) electrons. The first-order chi connectivity index (χ1) is 12.8. The molecule has 1 unspecified atom stereocenters. The van der Waals surface area contributed by atoms with Crippen LogP contribution in [0.4, 0.5) is 6.01 Å². The number of benzene rings is 1. The average molecular weight is 353 g/mol. The van der Waals surface area contributed by atoms with Crippen LogP contribution in [0.15, 0.2) is 45.2 Å². The van der Waals surface area contributed by atoms with E-state index in [1.165, 1.54) is 0 Å². The molecule has 7 heteroatoms. The number of hydrazine groups is 1. The quantitative estimate of drug-likeness (QED) is 0.746. The maximum atomic E-state index is 6.03. The third kappa shape index (κ3) is 3.09. The van der Waals surface area contributed by atoms with Crippen molar-refractivity contribution in [1.82, 2.24) is 20.7 Å². The van der Waals surface area contributed by atoms with Crippen LogP contribution in [-0.4, -0.2) is 42.6 Å². The SMILES string of the molecule is c1ccc2oc(N3CCN(Cc4ccc(C5CCNN5)o4)CC3)nc2c1. The number of furan rings is 1. The summed E-state index contributed by atoms with van der Waals surface area (Å²) in [6.07, 6.45) is 1.07. The molecule has 2 saturated heterocycles. The molecule has 2 fully saturated rings. The Morgan fingerprint density at radius 3 is 2.73 bits per heavy atom. The average Bonchev–Trinajstić information content (AvgIpc) is 3.42. The summed E-state index contributed by atoms with van der Waals surface area (Å²) in [6.45, 7) is 5.60. The van der Waals surface area contributed by atoms with Gasteiger partial charge >= 0.3 is 0 Å². The second-order valence-electron chi connectivity index (χ2n) is 6.94. The summed E-state index contributed by atoms with van der Waals surface area (Å²) in [5.74, 6) is 2.05. The van der Waals surface area contributed by atoms with E-state index in [-0.39, 0.29) is 0 Å². The van der Waals surface area contributed by atoms with Crippen LogP contribution in [0.2, 0.25) is 0 Å². The van der Waals surface area contributed by atoms with Crippen LogP contribution < -0.4 is 15.8 Å². The summed E-state index contributed by atoms with van der Waals surface area (Å²) in [7, 11) is 0. The van der Waals surface area contributed by atoms with Crippen molar-refractivity contribution in [1.29, 1.82) is 0 Å². The lowest BCUT2D eigenvalue weighted by molar-refractivity contribution is 0.223. The van der Waals surface area contributed by atoms with Crippen molar-refractivity contribution in [3.63, 3.8) is 0 Å². The third-order valence-electron chi connectivity index (χ3n) is 5.17. The van der Waals surface area contributed by atoms with Crippen LogP contribution in [0.25, 0.3) is 11.1 Å². The zero-order valence-corrected chi connectivity index (χ0v) is 14.6. The largest absolute Gasteiger partial charge is 0.463 e. The Labute approximate surface area is 151 Å². The van der Waals surface area contributed by atoms with Crippen molar-refractivity contribution in [3.8, 4) is 0 Å². The normalized spacial score (nSPS) is 21.7. The fourth-order valence-electron chi connectivity index (χ4n) is 3.68. The fourth-order valence-corrected chi connectivity index (χ4v) is 3.68. The summed E-state index contributed by atoms with van der Waals surface area (Å²) in [5.41, 5.74) is 8.16. The number of fused-ring (bicyclic) bond motifs is 1. The van der Waals surface area contributed by atoms with Crippen LogP contribution in [0, 0.1) is 0 Å². The van der Waals surface area contributed by atoms with Gasteiger partial charge in [-0.2, -0.15) is 4.98 Å². The van der Waals surface area contributed by atoms with Crippen molar-refractivity contribution >= 4 is 17.1 Å². The van der Waals surface area contributed by atoms with Gasteiger partial charge in [0.25, 0.3) is 6.01 Å². The molecular formula is C19H23N5O2. The van der Waals surface area contributed by atoms with E-state index in [1.807, 2.05) is 24.3 Å². The van der Waals surface area contributed by atoms with Gasteiger partial charge in [0.15, 0.2) is 5.58 Å². The molecule has 136 valence electrons. The Balaban J connectivity index is 1.19. The molecule has 0 amide bonds. The van der Waals surface area contributed by atoms with Gasteiger partial charge in [-0.05, 0) is 30.7 Å². The molecule has 2 aromatic heterocycles. The molecule has 7 nitrogen and oxygen atoms in total. The number of nitrogens with one attached hydrogen (secondary N) is 2. The molecular weight excluding hydrogens is 330 g/mol. The van der Waals surface area contributed by atoms with Gasteiger partial charge in [0.1, 0.15) is 17.0 Å². The number of oxazole rings is 1. The van der Waals surface area contributed by atoms with Gasteiger partial charge in [-0.25, -0.2) is 5.43 Å². The van der Waals surface area contributed by atoms with Crippen LogP contribution >= 0.6 is 0 Å². The molecule has 4 heterocycles. The lowest BCUT2D eigenvalue weighted by Gasteiger charge is -2.33. The van der Waals surface area contributed by atoms with E-state index in [1.54, 1.807) is 0 Å². The van der Waals surface area contributed by atoms with Gasteiger partial charge in [-0.3, -0.25) is 10.3 Å². The number of para-hydroxylation sites is 2. The second kappa shape index (κ2) is 6.75. The molecule has 5 rings (SSSR count). The highest BCUT2D eigenvalue weighted by molar-refractivity contribution is 5.74. The predicted molar refractivity (Wildman–Crippen MR) is 98.7 cm³/mol. The van der Waals surface area contributed by atoms with E-state index in [0.717, 1.165) is 74.3 Å². The van der Waals surface area contributed by atoms with E-state index < -0.39 is 0 Å². The summed E-state index contributed by atoms with van der Waals surface area (Å²) >= 11 is 0. The maximum Gasteiger partial charge on any atom is 0.298 e. The van der Waals surface area contributed by atoms with Gasteiger partial charge < -0.3 is 13.7 Å². The van der Waals surface area contributed by atoms with Crippen molar-refractivity contribution < 1.29 is 8.83 Å². The predicted octanol–water partition coefficient (Wildman–Crippen LogP) is 2.28. The number of piperazine rings is 1. The van der Waals surface area contributed by atoms with Crippen LogP contribution in [0.3, 0.4) is 0 Å². The number of hydrogen-bond donors (Lipinski definition) is 2. The molecule has 0 aliphatic carbocycles. The number of rotatable bonds is 4. The van der Waals surface area contributed by atoms with E-state index in [0.29, 0.717) is 6.04 Å². The Morgan fingerprint density at radius 2 is 1.92 bits per heavy atom. The lowest BCUT2D eigenvalue weighted by atomic mass is 10.2. The topological polar surface area (TPSA) is 69.7 Å². The zero-order chi connectivity index (χ0) is 17.3. The Hall–Kier alpha value is -2.35. The zero-order valence-electron chi connectivity index (χ0n) is 14.6. The molecule has 1 atom stereocenters. The number of hydrogen-bond acceptors (Lipinski definition) is 7. The molecule has 2 aliphatic heterocycles. The summed E-state index contributed by atoms with van der Waals surface area (Å²) in [5, 5.41) is 0. The van der Waals surface area contributed by atoms with E-state index in [9.17, 15) is 0 Å². The summed E-state index contributed by atoms with van der Waals surface area (Å²) in [6, 6.07) is 13.1. The first-order valence-corrected chi connectivity index (χ1v) is 9.25. The van der Waals surface area contributed by atoms with Crippen LogP contribution in [0.1, 0.15) is 24.0 Å². The molecule has 1 aromatic carbocycles. The smallest absolute Gasteiger partial charge is 0.298 e. The first kappa shape index (κ1) is 15.9. The second-order valence-corrected chi connectivity index (χ2v) is 6.94. The van der Waals surface area contributed by atoms with Gasteiger partial charge in [0, 0.05) is 32.7 Å². The first-order valence-electron chi connectivity index (χ1n) is 9.25. The minimum atomic E-state index is 0.291. The fraction of sp³-hybridized carbons (Fsp3) is 0.421. The molecule has 2 N–H and O–H groups in total. The highest BCUT2D eigenvalue weighted by Gasteiger charge is 2.23. The monoisotopic (exact) mass is 353 g/mol. The minimum absolute atomic E-state index is 0.291. The molecule has 26 heavy (non-hydrogen) atoms. The van der Waals surface area contributed by atoms with E-state index in [4.69, 9.17) is 8.83 Å². The lowest BCUT2D eigenvalue weighted by Crippen LogP contribution is -2.46. The Kier molecular flexibility index (Phi) is 4.12. The van der Waals surface area contributed by atoms with Crippen molar-refractivity contribution in [2.75, 3.05) is 37.6 Å². The summed E-state index contributed by atoms with van der Waals surface area (Å²) < 4.78 is 11.9. The van der Waals surface area contributed by atoms with Crippen molar-refractivity contribution in [2.24, 2.45) is 0 Å². The molecule has 0 saturated carbocycles. The third-order valence-corrected chi connectivity index (χ3v) is 5.17. The number of anilines is 1. The Bertz CT molecular complexity index is 842. The summed E-state index contributed by atoms with van der Waals surface area (Å²) in [4.78, 5) is 9.24. The van der Waals surface area contributed by atoms with Gasteiger partial charge in [-0.1, -0.05) is 12.1 Å². The standard InChI is InChI=1S/C19H23N5O2/c1-2-4-17-15(3-1)21-19(26-17)24-11-9-23(10-12-24)13-14-5-6-18(25-14)16-7-8-20-22-16/h1-6,16,20,22H,7-13H2. The molecule has 2 aliphatic rings. The van der Waals surface area contributed by atoms with E-state index in [2.05, 4.69) is 37.8 Å². The molecule has 3 aromatic rings. The highest BCUT2D eigenvalue weighted by atomic mass is 16.4.